The molecular weight excluding hydrogens is 348 g/mol. The van der Waals surface area contributed by atoms with Crippen molar-refractivity contribution in [3.63, 3.8) is 0 Å². The van der Waals surface area contributed by atoms with Gasteiger partial charge in [-0.3, -0.25) is 9.78 Å². The van der Waals surface area contributed by atoms with Gasteiger partial charge in [-0.25, -0.2) is 0 Å². The molecule has 1 aliphatic heterocycles. The van der Waals surface area contributed by atoms with Crippen molar-refractivity contribution in [3.05, 3.63) is 36.7 Å². The van der Waals surface area contributed by atoms with Crippen LogP contribution in [-0.2, 0) is 4.79 Å². The Balaban J connectivity index is 1.48. The standard InChI is InChI=1S/C18H20N6OS/c1-13-6-10-23(11-7-13)17(25)12-26-16-3-2-15-20-21-18(24(15)22-16)14-4-8-19-9-5-14/h2-5,8-9,13H,6-7,10-12H2,1H3. The van der Waals surface area contributed by atoms with Gasteiger partial charge in [0.1, 0.15) is 5.03 Å². The van der Waals surface area contributed by atoms with Crippen LogP contribution in [0.25, 0.3) is 17.0 Å². The number of aromatic nitrogens is 5. The molecule has 0 radical (unpaired) electrons. The van der Waals surface area contributed by atoms with Gasteiger partial charge in [-0.15, -0.1) is 10.2 Å². The second-order valence-corrected chi connectivity index (χ2v) is 7.55. The Labute approximate surface area is 155 Å². The average molecular weight is 368 g/mol. The number of piperidine rings is 1. The highest BCUT2D eigenvalue weighted by atomic mass is 32.2. The summed E-state index contributed by atoms with van der Waals surface area (Å²) in [6.45, 7) is 3.98. The van der Waals surface area contributed by atoms with Crippen LogP contribution in [-0.4, -0.2) is 54.4 Å². The van der Waals surface area contributed by atoms with Crippen molar-refractivity contribution < 1.29 is 4.79 Å². The lowest BCUT2D eigenvalue weighted by Crippen LogP contribution is -2.38. The van der Waals surface area contributed by atoms with Gasteiger partial charge in [0.25, 0.3) is 0 Å². The van der Waals surface area contributed by atoms with Crippen LogP contribution in [0.15, 0.2) is 41.7 Å². The van der Waals surface area contributed by atoms with Gasteiger partial charge >= 0.3 is 0 Å². The van der Waals surface area contributed by atoms with Crippen LogP contribution in [0.2, 0.25) is 0 Å². The molecule has 26 heavy (non-hydrogen) atoms. The summed E-state index contributed by atoms with van der Waals surface area (Å²) in [4.78, 5) is 18.4. The van der Waals surface area contributed by atoms with Crippen LogP contribution in [0.5, 0.6) is 0 Å². The van der Waals surface area contributed by atoms with E-state index in [1.165, 1.54) is 11.8 Å². The van der Waals surface area contributed by atoms with Crippen molar-refractivity contribution in [2.45, 2.75) is 24.8 Å². The van der Waals surface area contributed by atoms with E-state index in [0.717, 1.165) is 42.4 Å². The Morgan fingerprint density at radius 3 is 2.69 bits per heavy atom. The summed E-state index contributed by atoms with van der Waals surface area (Å²) in [5, 5.41) is 13.8. The molecule has 3 aromatic rings. The first-order chi connectivity index (χ1) is 12.7. The van der Waals surface area contributed by atoms with E-state index in [-0.39, 0.29) is 5.91 Å². The summed E-state index contributed by atoms with van der Waals surface area (Å²) < 4.78 is 1.71. The molecule has 0 aliphatic carbocycles. The van der Waals surface area contributed by atoms with Crippen molar-refractivity contribution in [2.75, 3.05) is 18.8 Å². The highest BCUT2D eigenvalue weighted by Crippen LogP contribution is 2.22. The zero-order valence-electron chi connectivity index (χ0n) is 14.6. The Bertz CT molecular complexity index is 904. The summed E-state index contributed by atoms with van der Waals surface area (Å²) in [6, 6.07) is 7.51. The molecule has 1 fully saturated rings. The van der Waals surface area contributed by atoms with Gasteiger partial charge in [0, 0.05) is 31.0 Å². The molecule has 0 spiro atoms. The molecule has 0 unspecified atom stereocenters. The molecule has 134 valence electrons. The summed E-state index contributed by atoms with van der Waals surface area (Å²) in [5.74, 6) is 1.97. The van der Waals surface area contributed by atoms with Crippen LogP contribution in [0.4, 0.5) is 0 Å². The zero-order valence-corrected chi connectivity index (χ0v) is 15.4. The van der Waals surface area contributed by atoms with Crippen LogP contribution in [0, 0.1) is 5.92 Å². The maximum atomic E-state index is 12.4. The minimum Gasteiger partial charge on any atom is -0.342 e. The first kappa shape index (κ1) is 17.0. The van der Waals surface area contributed by atoms with Crippen molar-refractivity contribution in [2.24, 2.45) is 5.92 Å². The minimum atomic E-state index is 0.182. The summed E-state index contributed by atoms with van der Waals surface area (Å²) in [5.41, 5.74) is 1.58. The number of hydrogen-bond acceptors (Lipinski definition) is 6. The van der Waals surface area contributed by atoms with Crippen molar-refractivity contribution in [3.8, 4) is 11.4 Å². The van der Waals surface area contributed by atoms with E-state index in [9.17, 15) is 4.79 Å². The van der Waals surface area contributed by atoms with Crippen molar-refractivity contribution >= 4 is 23.3 Å². The molecule has 0 saturated carbocycles. The monoisotopic (exact) mass is 368 g/mol. The van der Waals surface area contributed by atoms with E-state index in [1.807, 2.05) is 29.2 Å². The quantitative estimate of drug-likeness (QED) is 0.659. The first-order valence-electron chi connectivity index (χ1n) is 8.74. The molecule has 0 atom stereocenters. The molecule has 1 amide bonds. The molecule has 1 aliphatic rings. The number of nitrogens with zero attached hydrogens (tertiary/aromatic N) is 6. The Morgan fingerprint density at radius 1 is 1.15 bits per heavy atom. The van der Waals surface area contributed by atoms with Crippen molar-refractivity contribution in [1.29, 1.82) is 0 Å². The number of pyridine rings is 1. The van der Waals surface area contributed by atoms with Crippen LogP contribution >= 0.6 is 11.8 Å². The van der Waals surface area contributed by atoms with Gasteiger partial charge in [-0.05, 0) is 43.0 Å². The fourth-order valence-corrected chi connectivity index (χ4v) is 3.77. The number of rotatable bonds is 4. The van der Waals surface area contributed by atoms with Gasteiger partial charge in [0.2, 0.25) is 5.91 Å². The third-order valence-electron chi connectivity index (χ3n) is 4.66. The fraction of sp³-hybridized carbons (Fsp3) is 0.389. The minimum absolute atomic E-state index is 0.182. The maximum Gasteiger partial charge on any atom is 0.232 e. The van der Waals surface area contributed by atoms with Crippen LogP contribution in [0.3, 0.4) is 0 Å². The van der Waals surface area contributed by atoms with Gasteiger partial charge in [0.05, 0.1) is 5.75 Å². The maximum absolute atomic E-state index is 12.4. The zero-order chi connectivity index (χ0) is 17.9. The van der Waals surface area contributed by atoms with E-state index < -0.39 is 0 Å². The predicted molar refractivity (Wildman–Crippen MR) is 99.7 cm³/mol. The second kappa shape index (κ2) is 7.41. The largest absolute Gasteiger partial charge is 0.342 e. The third kappa shape index (κ3) is 3.55. The highest BCUT2D eigenvalue weighted by Gasteiger charge is 2.20. The topological polar surface area (TPSA) is 76.3 Å². The summed E-state index contributed by atoms with van der Waals surface area (Å²) in [6.07, 6.45) is 5.62. The third-order valence-corrected chi connectivity index (χ3v) is 5.56. The number of fused-ring (bicyclic) bond motifs is 1. The molecule has 0 aromatic carbocycles. The van der Waals surface area contributed by atoms with E-state index in [2.05, 4.69) is 27.2 Å². The smallest absolute Gasteiger partial charge is 0.232 e. The van der Waals surface area contributed by atoms with E-state index in [4.69, 9.17) is 0 Å². The number of likely N-dealkylation sites (tertiary alicyclic amines) is 1. The molecule has 0 bridgehead atoms. The lowest BCUT2D eigenvalue weighted by atomic mass is 9.99. The summed E-state index contributed by atoms with van der Waals surface area (Å²) >= 11 is 1.45. The first-order valence-corrected chi connectivity index (χ1v) is 9.73. The molecule has 3 aromatic heterocycles. The Hall–Kier alpha value is -2.48. The molecule has 0 N–H and O–H groups in total. The Morgan fingerprint density at radius 2 is 1.92 bits per heavy atom. The van der Waals surface area contributed by atoms with Crippen molar-refractivity contribution in [1.82, 2.24) is 29.7 Å². The number of amides is 1. The van der Waals surface area contributed by atoms with E-state index >= 15 is 0 Å². The predicted octanol–water partition coefficient (Wildman–Crippen LogP) is 2.54. The number of carbonyl (C=O) groups excluding carboxylic acids is 1. The molecule has 1 saturated heterocycles. The molecule has 8 heteroatoms. The lowest BCUT2D eigenvalue weighted by Gasteiger charge is -2.30. The average Bonchev–Trinajstić information content (AvgIpc) is 3.10. The van der Waals surface area contributed by atoms with Gasteiger partial charge in [0.15, 0.2) is 11.5 Å². The number of thioether (sulfide) groups is 1. The van der Waals surface area contributed by atoms with Gasteiger partial charge < -0.3 is 4.90 Å². The van der Waals surface area contributed by atoms with Crippen LogP contribution < -0.4 is 0 Å². The van der Waals surface area contributed by atoms with Gasteiger partial charge in [-0.2, -0.15) is 9.61 Å². The molecule has 4 rings (SSSR count). The van der Waals surface area contributed by atoms with E-state index in [1.54, 1.807) is 16.9 Å². The normalized spacial score (nSPS) is 15.5. The number of hydrogen-bond donors (Lipinski definition) is 0. The summed E-state index contributed by atoms with van der Waals surface area (Å²) in [7, 11) is 0. The fourth-order valence-electron chi connectivity index (χ4n) is 3.01. The second-order valence-electron chi connectivity index (χ2n) is 6.55. The molecular formula is C18H20N6OS. The SMILES string of the molecule is CC1CCN(C(=O)CSc2ccc3nnc(-c4ccncc4)n3n2)CC1. The highest BCUT2D eigenvalue weighted by molar-refractivity contribution is 7.99. The Kier molecular flexibility index (Phi) is 4.83. The molecule has 4 heterocycles. The van der Waals surface area contributed by atoms with Crippen LogP contribution in [0.1, 0.15) is 19.8 Å². The lowest BCUT2D eigenvalue weighted by molar-refractivity contribution is -0.129. The molecule has 7 nitrogen and oxygen atoms in total. The number of carbonyl (C=O) groups is 1. The van der Waals surface area contributed by atoms with E-state index in [0.29, 0.717) is 17.2 Å². The van der Waals surface area contributed by atoms with Gasteiger partial charge in [-0.1, -0.05) is 18.7 Å².